The van der Waals surface area contributed by atoms with Crippen molar-refractivity contribution >= 4 is 7.94 Å². The summed E-state index contributed by atoms with van der Waals surface area (Å²) in [5, 5.41) is 0. The quantitative estimate of drug-likeness (QED) is 0.403. The van der Waals surface area contributed by atoms with Gasteiger partial charge in [0.05, 0.1) is 0 Å². The molecule has 0 aliphatic heterocycles. The number of hydrogen-bond acceptors (Lipinski definition) is 3. The first-order valence-corrected chi connectivity index (χ1v) is 15.0. The number of benzene rings is 2. The standard InChI is InChI=1S/C31H51O3P/c1-14-35(32,33)34-27(23-17-15-21(28(2,3)4)19-25(23)30(8,9)10)24-18-16-22(29(5,6)7)20-26(24)31(11,12)13/h15-20,27,32-33,35H,14H2,1-13H3. The van der Waals surface area contributed by atoms with Crippen molar-refractivity contribution in [2.75, 3.05) is 6.16 Å². The SMILES string of the molecule is CC[PH](O)(O)OC(c1ccc(C(C)(C)C)cc1C(C)(C)C)c1ccc(C(C)(C)C)cc1C(C)(C)C. The summed E-state index contributed by atoms with van der Waals surface area (Å²) in [6.45, 7) is 28.4. The van der Waals surface area contributed by atoms with Crippen LogP contribution >= 0.6 is 7.94 Å². The fourth-order valence-corrected chi connectivity index (χ4v) is 5.17. The molecule has 0 saturated carbocycles. The van der Waals surface area contributed by atoms with E-state index in [0.717, 1.165) is 11.1 Å². The molecule has 0 unspecified atom stereocenters. The van der Waals surface area contributed by atoms with E-state index in [4.69, 9.17) is 4.52 Å². The summed E-state index contributed by atoms with van der Waals surface area (Å²) in [7, 11) is -3.87. The molecule has 0 aromatic heterocycles. The second kappa shape index (κ2) is 9.90. The van der Waals surface area contributed by atoms with Crippen LogP contribution in [-0.4, -0.2) is 15.9 Å². The molecule has 198 valence electrons. The van der Waals surface area contributed by atoms with Crippen LogP contribution in [0.25, 0.3) is 0 Å². The van der Waals surface area contributed by atoms with Crippen LogP contribution in [0, 0.1) is 0 Å². The predicted molar refractivity (Wildman–Crippen MR) is 154 cm³/mol. The normalized spacial score (nSPS) is 14.5. The van der Waals surface area contributed by atoms with E-state index in [1.54, 1.807) is 6.92 Å². The monoisotopic (exact) mass is 502 g/mol. The Hall–Kier alpha value is -1.25. The van der Waals surface area contributed by atoms with Gasteiger partial charge in [0.15, 0.2) is 0 Å². The third-order valence-corrected chi connectivity index (χ3v) is 8.32. The fraction of sp³-hybridized carbons (Fsp3) is 0.613. The molecule has 0 spiro atoms. The third-order valence-electron chi connectivity index (χ3n) is 6.79. The van der Waals surface area contributed by atoms with Gasteiger partial charge in [-0.2, -0.15) is 0 Å². The molecule has 0 radical (unpaired) electrons. The van der Waals surface area contributed by atoms with Gasteiger partial charge >= 0.3 is 216 Å². The molecule has 0 amide bonds. The van der Waals surface area contributed by atoms with Crippen LogP contribution in [-0.2, 0) is 26.2 Å². The van der Waals surface area contributed by atoms with E-state index in [0.29, 0.717) is 0 Å². The summed E-state index contributed by atoms with van der Waals surface area (Å²) in [4.78, 5) is 21.7. The second-order valence-electron chi connectivity index (χ2n) is 14.2. The molecular formula is C31H51O3P. The minimum atomic E-state index is -3.87. The van der Waals surface area contributed by atoms with Crippen molar-refractivity contribution < 1.29 is 14.3 Å². The van der Waals surface area contributed by atoms with Gasteiger partial charge in [-0.1, -0.05) is 0 Å². The predicted octanol–water partition coefficient (Wildman–Crippen LogP) is 8.48. The molecule has 0 heterocycles. The van der Waals surface area contributed by atoms with Gasteiger partial charge in [-0.3, -0.25) is 0 Å². The van der Waals surface area contributed by atoms with Gasteiger partial charge in [0.2, 0.25) is 0 Å². The summed E-state index contributed by atoms with van der Waals surface area (Å²) in [6, 6.07) is 13.2. The van der Waals surface area contributed by atoms with Crippen LogP contribution in [0.4, 0.5) is 0 Å². The van der Waals surface area contributed by atoms with Gasteiger partial charge in [0.25, 0.3) is 0 Å². The topological polar surface area (TPSA) is 49.7 Å². The molecule has 0 saturated heterocycles. The van der Waals surface area contributed by atoms with Gasteiger partial charge in [0, 0.05) is 0 Å². The molecular weight excluding hydrogens is 451 g/mol. The van der Waals surface area contributed by atoms with Crippen molar-refractivity contribution in [3.8, 4) is 0 Å². The molecule has 2 N–H and O–H groups in total. The van der Waals surface area contributed by atoms with Gasteiger partial charge in [-0.05, 0) is 0 Å². The third kappa shape index (κ3) is 7.39. The zero-order valence-corrected chi connectivity index (χ0v) is 25.6. The van der Waals surface area contributed by atoms with Crippen LogP contribution in [0.5, 0.6) is 0 Å². The average molecular weight is 503 g/mol. The Morgan fingerprint density at radius 3 is 1.23 bits per heavy atom. The molecule has 2 rings (SSSR count). The van der Waals surface area contributed by atoms with Crippen LogP contribution in [0.3, 0.4) is 0 Å². The summed E-state index contributed by atoms with van der Waals surface area (Å²) < 4.78 is 6.33. The molecule has 3 nitrogen and oxygen atoms in total. The van der Waals surface area contributed by atoms with E-state index in [-0.39, 0.29) is 27.8 Å². The molecule has 0 aliphatic rings. The average Bonchev–Trinajstić information content (AvgIpc) is 2.68. The molecule has 0 atom stereocenters. The summed E-state index contributed by atoms with van der Waals surface area (Å²) in [6.07, 6.45) is -0.359. The summed E-state index contributed by atoms with van der Waals surface area (Å²) in [5.74, 6) is 0. The van der Waals surface area contributed by atoms with E-state index < -0.39 is 14.0 Å². The van der Waals surface area contributed by atoms with Gasteiger partial charge in [0.1, 0.15) is 0 Å². The molecule has 4 heteroatoms. The van der Waals surface area contributed by atoms with Crippen molar-refractivity contribution in [1.29, 1.82) is 0 Å². The Morgan fingerprint density at radius 2 is 0.971 bits per heavy atom. The first-order chi connectivity index (χ1) is 15.6. The Kier molecular flexibility index (Phi) is 8.48. The zero-order chi connectivity index (χ0) is 27.2. The Bertz CT molecular complexity index is 950. The molecule has 0 aliphatic carbocycles. The molecule has 2 aromatic rings. The van der Waals surface area contributed by atoms with E-state index in [1.807, 2.05) is 0 Å². The van der Waals surface area contributed by atoms with E-state index >= 15 is 0 Å². The van der Waals surface area contributed by atoms with Gasteiger partial charge < -0.3 is 0 Å². The van der Waals surface area contributed by atoms with Crippen molar-refractivity contribution in [3.05, 3.63) is 69.8 Å². The molecule has 0 fully saturated rings. The first-order valence-electron chi connectivity index (χ1n) is 13.0. The Labute approximate surface area is 215 Å². The molecule has 35 heavy (non-hydrogen) atoms. The second-order valence-corrected chi connectivity index (χ2v) is 16.6. The fourth-order valence-electron chi connectivity index (χ4n) is 4.37. The number of hydrogen-bond donors (Lipinski definition) is 2. The van der Waals surface area contributed by atoms with Crippen LogP contribution in [0.2, 0.25) is 0 Å². The van der Waals surface area contributed by atoms with Crippen molar-refractivity contribution in [3.63, 3.8) is 0 Å². The Morgan fingerprint density at radius 1 is 0.629 bits per heavy atom. The number of rotatable bonds is 5. The van der Waals surface area contributed by atoms with Crippen LogP contribution in [0.1, 0.15) is 129 Å². The van der Waals surface area contributed by atoms with Crippen LogP contribution < -0.4 is 0 Å². The van der Waals surface area contributed by atoms with Crippen molar-refractivity contribution in [1.82, 2.24) is 0 Å². The summed E-state index contributed by atoms with van der Waals surface area (Å²) >= 11 is 0. The molecule has 2 aromatic carbocycles. The van der Waals surface area contributed by atoms with E-state index in [9.17, 15) is 9.79 Å². The Balaban J connectivity index is 2.94. The first kappa shape index (κ1) is 30.0. The van der Waals surface area contributed by atoms with Crippen molar-refractivity contribution in [2.24, 2.45) is 0 Å². The zero-order valence-electron chi connectivity index (χ0n) is 24.6. The van der Waals surface area contributed by atoms with Crippen LogP contribution in [0.15, 0.2) is 36.4 Å². The molecule has 0 bridgehead atoms. The van der Waals surface area contributed by atoms with Gasteiger partial charge in [-0.15, -0.1) is 0 Å². The maximum atomic E-state index is 10.8. The van der Waals surface area contributed by atoms with E-state index in [1.165, 1.54) is 22.3 Å². The summed E-state index contributed by atoms with van der Waals surface area (Å²) in [5.41, 5.74) is 6.62. The van der Waals surface area contributed by atoms with Gasteiger partial charge in [-0.25, -0.2) is 0 Å². The van der Waals surface area contributed by atoms with E-state index in [2.05, 4.69) is 119 Å². The van der Waals surface area contributed by atoms with Crippen molar-refractivity contribution in [2.45, 2.75) is 118 Å². The minimum absolute atomic E-state index is 0.00962. The maximum absolute atomic E-state index is 10.8.